The summed E-state index contributed by atoms with van der Waals surface area (Å²) in [5, 5.41) is 0. The molecule has 0 aromatic rings. The number of carbonyl (C=O) groups is 1. The molecule has 0 aliphatic rings. The van der Waals surface area contributed by atoms with E-state index in [-0.39, 0.29) is 5.91 Å². The molecule has 2 N–H and O–H groups in total. The summed E-state index contributed by atoms with van der Waals surface area (Å²) in [7, 11) is 4.03. The normalized spacial score (nSPS) is 10.9. The van der Waals surface area contributed by atoms with E-state index in [9.17, 15) is 4.79 Å². The highest BCUT2D eigenvalue weighted by atomic mass is 16.1. The second-order valence-corrected chi connectivity index (χ2v) is 8.77. The predicted molar refractivity (Wildman–Crippen MR) is 136 cm³/mol. The van der Waals surface area contributed by atoms with Crippen molar-refractivity contribution >= 4 is 5.91 Å². The topological polar surface area (TPSA) is 46.3 Å². The fraction of sp³-hybridized carbons (Fsp3) is 0.815. The van der Waals surface area contributed by atoms with Crippen molar-refractivity contribution in [2.24, 2.45) is 5.73 Å². The van der Waals surface area contributed by atoms with Gasteiger partial charge < -0.3 is 10.6 Å². The van der Waals surface area contributed by atoms with Crippen molar-refractivity contribution in [1.82, 2.24) is 4.90 Å². The van der Waals surface area contributed by atoms with E-state index in [1.807, 2.05) is 20.2 Å². The number of primary amides is 1. The zero-order valence-electron chi connectivity index (χ0n) is 20.8. The van der Waals surface area contributed by atoms with Gasteiger partial charge in [0.2, 0.25) is 5.91 Å². The van der Waals surface area contributed by atoms with E-state index in [2.05, 4.69) is 30.6 Å². The molecular formula is C27H54N2O. The van der Waals surface area contributed by atoms with Crippen molar-refractivity contribution in [3.63, 3.8) is 0 Å². The third-order valence-corrected chi connectivity index (χ3v) is 5.18. The second kappa shape index (κ2) is 27.9. The molecule has 0 aromatic carbocycles. The number of amides is 1. The first-order chi connectivity index (χ1) is 14.5. The Balaban J connectivity index is 0. The average molecular weight is 423 g/mol. The smallest absolute Gasteiger partial charge is 0.217 e. The van der Waals surface area contributed by atoms with E-state index in [1.165, 1.54) is 96.3 Å². The lowest BCUT2D eigenvalue weighted by atomic mass is 10.1. The first-order valence-electron chi connectivity index (χ1n) is 12.7. The Kier molecular flexibility index (Phi) is 28.9. The number of hydrogen-bond donors (Lipinski definition) is 1. The van der Waals surface area contributed by atoms with Crippen molar-refractivity contribution in [3.8, 4) is 0 Å². The summed E-state index contributed by atoms with van der Waals surface area (Å²) in [6.45, 7) is 6.81. The SMILES string of the molecule is C=CCN(C)C.CCCCCCCC/C=C\CCCCCCCCCCCC(N)=O. The number of nitrogens with two attached hydrogens (primary N) is 1. The van der Waals surface area contributed by atoms with Crippen molar-refractivity contribution < 1.29 is 4.79 Å². The zero-order valence-corrected chi connectivity index (χ0v) is 20.8. The molecule has 0 spiro atoms. The van der Waals surface area contributed by atoms with Crippen LogP contribution in [0.15, 0.2) is 24.8 Å². The lowest BCUT2D eigenvalue weighted by molar-refractivity contribution is -0.118. The molecule has 0 radical (unpaired) electrons. The van der Waals surface area contributed by atoms with Gasteiger partial charge in [0.05, 0.1) is 0 Å². The predicted octanol–water partition coefficient (Wildman–Crippen LogP) is 7.80. The van der Waals surface area contributed by atoms with Crippen LogP contribution in [0.4, 0.5) is 0 Å². The summed E-state index contributed by atoms with van der Waals surface area (Å²) < 4.78 is 0. The Morgan fingerprint density at radius 1 is 0.733 bits per heavy atom. The third-order valence-electron chi connectivity index (χ3n) is 5.18. The van der Waals surface area contributed by atoms with Crippen LogP contribution in [0.25, 0.3) is 0 Å². The van der Waals surface area contributed by atoms with Gasteiger partial charge in [0, 0.05) is 13.0 Å². The zero-order chi connectivity index (χ0) is 22.7. The summed E-state index contributed by atoms with van der Waals surface area (Å²) in [6, 6.07) is 0. The fourth-order valence-corrected chi connectivity index (χ4v) is 3.34. The highest BCUT2D eigenvalue weighted by molar-refractivity contribution is 5.73. The molecule has 178 valence electrons. The molecule has 0 bridgehead atoms. The number of unbranched alkanes of at least 4 members (excludes halogenated alkanes) is 15. The van der Waals surface area contributed by atoms with E-state index < -0.39 is 0 Å². The molecule has 0 unspecified atom stereocenters. The maximum absolute atomic E-state index is 10.6. The van der Waals surface area contributed by atoms with Crippen LogP contribution in [0.2, 0.25) is 0 Å². The maximum Gasteiger partial charge on any atom is 0.217 e. The molecule has 1 amide bonds. The van der Waals surface area contributed by atoms with Gasteiger partial charge in [-0.1, -0.05) is 102 Å². The summed E-state index contributed by atoms with van der Waals surface area (Å²) in [5.74, 6) is -0.156. The number of carbonyl (C=O) groups excluding carboxylic acids is 1. The molecule has 0 saturated carbocycles. The molecule has 0 atom stereocenters. The van der Waals surface area contributed by atoms with Gasteiger partial charge in [-0.25, -0.2) is 0 Å². The van der Waals surface area contributed by atoms with Gasteiger partial charge in [-0.05, 0) is 46.2 Å². The lowest BCUT2D eigenvalue weighted by Crippen LogP contribution is -2.09. The second-order valence-electron chi connectivity index (χ2n) is 8.77. The van der Waals surface area contributed by atoms with Crippen LogP contribution in [-0.4, -0.2) is 31.4 Å². The minimum Gasteiger partial charge on any atom is -0.370 e. The fourth-order valence-electron chi connectivity index (χ4n) is 3.34. The van der Waals surface area contributed by atoms with Crippen LogP contribution < -0.4 is 5.73 Å². The molecule has 3 nitrogen and oxygen atoms in total. The minimum atomic E-state index is -0.156. The van der Waals surface area contributed by atoms with Gasteiger partial charge in [0.1, 0.15) is 0 Å². The first kappa shape index (κ1) is 31.1. The van der Waals surface area contributed by atoms with Crippen molar-refractivity contribution in [2.75, 3.05) is 20.6 Å². The van der Waals surface area contributed by atoms with Crippen LogP contribution in [0.1, 0.15) is 122 Å². The van der Waals surface area contributed by atoms with E-state index in [0.29, 0.717) is 6.42 Å². The summed E-state index contributed by atoms with van der Waals surface area (Å²) in [5.41, 5.74) is 5.13. The molecule has 0 heterocycles. The Labute approximate surface area is 189 Å². The minimum absolute atomic E-state index is 0.156. The Morgan fingerprint density at radius 3 is 1.47 bits per heavy atom. The molecule has 0 fully saturated rings. The molecular weight excluding hydrogens is 368 g/mol. The van der Waals surface area contributed by atoms with Gasteiger partial charge in [0.25, 0.3) is 0 Å². The van der Waals surface area contributed by atoms with Gasteiger partial charge in [0.15, 0.2) is 0 Å². The Morgan fingerprint density at radius 2 is 1.13 bits per heavy atom. The largest absolute Gasteiger partial charge is 0.370 e. The van der Waals surface area contributed by atoms with Gasteiger partial charge in [-0.2, -0.15) is 0 Å². The molecule has 0 aliphatic carbocycles. The van der Waals surface area contributed by atoms with Crippen molar-refractivity contribution in [2.45, 2.75) is 122 Å². The van der Waals surface area contributed by atoms with Gasteiger partial charge in [-0.15, -0.1) is 6.58 Å². The number of allylic oxidation sites excluding steroid dienone is 2. The third kappa shape index (κ3) is 34.4. The molecule has 0 rings (SSSR count). The Bertz CT molecular complexity index is 377. The van der Waals surface area contributed by atoms with E-state index in [0.717, 1.165) is 19.4 Å². The summed E-state index contributed by atoms with van der Waals surface area (Å²) in [6.07, 6.45) is 29.7. The standard InChI is InChI=1S/C22H43NO.C5H11N/c1-2-3-4-5-6-7-8-9-10-11-12-13-14-15-16-17-18-19-20-21-22(23)24;1-4-5-6(2)3/h9-10H,2-8,11-21H2,1H3,(H2,23,24);4H,1,5H2,2-3H3/b10-9-;. The number of hydrogen-bond acceptors (Lipinski definition) is 2. The number of nitrogens with zero attached hydrogens (tertiary/aromatic N) is 1. The highest BCUT2D eigenvalue weighted by Gasteiger charge is 1.95. The quantitative estimate of drug-likeness (QED) is 0.151. The van der Waals surface area contributed by atoms with Crippen LogP contribution in [-0.2, 0) is 4.79 Å². The van der Waals surface area contributed by atoms with Crippen LogP contribution in [0, 0.1) is 0 Å². The van der Waals surface area contributed by atoms with Crippen molar-refractivity contribution in [1.29, 1.82) is 0 Å². The van der Waals surface area contributed by atoms with Crippen LogP contribution >= 0.6 is 0 Å². The summed E-state index contributed by atoms with van der Waals surface area (Å²) in [4.78, 5) is 12.7. The van der Waals surface area contributed by atoms with Crippen LogP contribution in [0.5, 0.6) is 0 Å². The van der Waals surface area contributed by atoms with E-state index >= 15 is 0 Å². The molecule has 30 heavy (non-hydrogen) atoms. The van der Waals surface area contributed by atoms with E-state index in [1.54, 1.807) is 0 Å². The first-order valence-corrected chi connectivity index (χ1v) is 12.7. The molecule has 3 heteroatoms. The lowest BCUT2D eigenvalue weighted by Gasteiger charge is -2.01. The average Bonchev–Trinajstić information content (AvgIpc) is 2.70. The Hall–Kier alpha value is -1.09. The highest BCUT2D eigenvalue weighted by Crippen LogP contribution is 2.12. The molecule has 0 aromatic heterocycles. The molecule has 0 saturated heterocycles. The maximum atomic E-state index is 10.6. The van der Waals surface area contributed by atoms with E-state index in [4.69, 9.17) is 5.73 Å². The summed E-state index contributed by atoms with van der Waals surface area (Å²) >= 11 is 0. The van der Waals surface area contributed by atoms with Crippen LogP contribution in [0.3, 0.4) is 0 Å². The number of rotatable bonds is 21. The molecule has 0 aliphatic heterocycles. The number of likely N-dealkylation sites (N-methyl/N-ethyl adjacent to an activating group) is 1. The van der Waals surface area contributed by atoms with Gasteiger partial charge >= 0.3 is 0 Å². The van der Waals surface area contributed by atoms with Crippen molar-refractivity contribution in [3.05, 3.63) is 24.8 Å². The van der Waals surface area contributed by atoms with Gasteiger partial charge in [-0.3, -0.25) is 4.79 Å². The monoisotopic (exact) mass is 422 g/mol.